The minimum absolute atomic E-state index is 0.556. The molecule has 2 fully saturated rings. The van der Waals surface area contributed by atoms with Crippen molar-refractivity contribution < 1.29 is 4.74 Å². The van der Waals surface area contributed by atoms with E-state index in [0.29, 0.717) is 12.1 Å². The van der Waals surface area contributed by atoms with Gasteiger partial charge in [0.15, 0.2) is 0 Å². The van der Waals surface area contributed by atoms with Crippen molar-refractivity contribution in [2.75, 3.05) is 19.7 Å². The normalized spacial score (nSPS) is 27.3. The Hall–Kier alpha value is -0.120. The van der Waals surface area contributed by atoms with Gasteiger partial charge < -0.3 is 15.4 Å². The molecule has 2 aliphatic rings. The number of rotatable bonds is 7. The van der Waals surface area contributed by atoms with Crippen molar-refractivity contribution in [1.29, 1.82) is 0 Å². The molecule has 1 saturated carbocycles. The van der Waals surface area contributed by atoms with E-state index in [4.69, 9.17) is 4.74 Å². The molecule has 1 saturated heterocycles. The average molecular weight is 268 g/mol. The summed E-state index contributed by atoms with van der Waals surface area (Å²) in [6.45, 7) is 5.40. The predicted molar refractivity (Wildman–Crippen MR) is 80.5 cm³/mol. The van der Waals surface area contributed by atoms with E-state index in [9.17, 15) is 0 Å². The highest BCUT2D eigenvalue weighted by Gasteiger charge is 2.16. The Kier molecular flexibility index (Phi) is 7.18. The molecule has 0 aromatic carbocycles. The number of hydrogen-bond donors (Lipinski definition) is 2. The minimum atomic E-state index is 0.556. The topological polar surface area (TPSA) is 33.3 Å². The number of nitrogens with one attached hydrogen (secondary N) is 2. The van der Waals surface area contributed by atoms with Crippen molar-refractivity contribution in [2.45, 2.75) is 82.9 Å². The van der Waals surface area contributed by atoms with Crippen LogP contribution in [0.2, 0.25) is 0 Å². The number of hydrogen-bond acceptors (Lipinski definition) is 3. The van der Waals surface area contributed by atoms with E-state index in [1.165, 1.54) is 64.3 Å². The molecule has 112 valence electrons. The Morgan fingerprint density at radius 3 is 2.74 bits per heavy atom. The molecule has 2 atom stereocenters. The Balaban J connectivity index is 1.49. The Morgan fingerprint density at radius 2 is 1.89 bits per heavy atom. The fourth-order valence-corrected chi connectivity index (χ4v) is 3.40. The molecular weight excluding hydrogens is 236 g/mol. The molecule has 0 radical (unpaired) electrons. The van der Waals surface area contributed by atoms with Crippen molar-refractivity contribution in [3.05, 3.63) is 0 Å². The third kappa shape index (κ3) is 6.24. The van der Waals surface area contributed by atoms with Gasteiger partial charge in [-0.3, -0.25) is 0 Å². The zero-order valence-electron chi connectivity index (χ0n) is 12.6. The van der Waals surface area contributed by atoms with Crippen LogP contribution in [0, 0.1) is 0 Å². The lowest BCUT2D eigenvalue weighted by atomic mass is 10.0. The summed E-state index contributed by atoms with van der Waals surface area (Å²) in [6.07, 6.45) is 12.6. The molecule has 0 aromatic heterocycles. The summed E-state index contributed by atoms with van der Waals surface area (Å²) in [5, 5.41) is 7.29. The van der Waals surface area contributed by atoms with Crippen LogP contribution in [0.25, 0.3) is 0 Å². The Morgan fingerprint density at radius 1 is 1.11 bits per heavy atom. The highest BCUT2D eigenvalue weighted by molar-refractivity contribution is 4.76. The molecule has 1 aliphatic carbocycles. The van der Waals surface area contributed by atoms with Gasteiger partial charge >= 0.3 is 0 Å². The van der Waals surface area contributed by atoms with Gasteiger partial charge in [0.05, 0.1) is 12.7 Å². The van der Waals surface area contributed by atoms with Gasteiger partial charge in [-0.15, -0.1) is 0 Å². The number of ether oxygens (including phenoxy) is 1. The van der Waals surface area contributed by atoms with Gasteiger partial charge in [-0.1, -0.05) is 25.7 Å². The summed E-state index contributed by atoms with van der Waals surface area (Å²) in [4.78, 5) is 0. The lowest BCUT2D eigenvalue weighted by Crippen LogP contribution is -2.38. The largest absolute Gasteiger partial charge is 0.377 e. The van der Waals surface area contributed by atoms with E-state index in [1.54, 1.807) is 0 Å². The summed E-state index contributed by atoms with van der Waals surface area (Å²) in [5.74, 6) is 0. The van der Waals surface area contributed by atoms with Crippen LogP contribution in [0.4, 0.5) is 0 Å². The van der Waals surface area contributed by atoms with Crippen LogP contribution >= 0.6 is 0 Å². The fourth-order valence-electron chi connectivity index (χ4n) is 3.40. The van der Waals surface area contributed by atoms with Crippen molar-refractivity contribution in [3.63, 3.8) is 0 Å². The van der Waals surface area contributed by atoms with Gasteiger partial charge in [0, 0.05) is 18.6 Å². The lowest BCUT2D eigenvalue weighted by Gasteiger charge is -2.22. The molecule has 2 N–H and O–H groups in total. The van der Waals surface area contributed by atoms with Crippen LogP contribution in [0.15, 0.2) is 0 Å². The van der Waals surface area contributed by atoms with Gasteiger partial charge in [-0.25, -0.2) is 0 Å². The van der Waals surface area contributed by atoms with Crippen LogP contribution in [-0.4, -0.2) is 37.9 Å². The van der Waals surface area contributed by atoms with E-state index in [-0.39, 0.29) is 0 Å². The van der Waals surface area contributed by atoms with E-state index in [1.807, 2.05) is 0 Å². The molecule has 1 aliphatic heterocycles. The quantitative estimate of drug-likeness (QED) is 0.697. The molecule has 1 heterocycles. The van der Waals surface area contributed by atoms with Crippen molar-refractivity contribution in [2.24, 2.45) is 0 Å². The van der Waals surface area contributed by atoms with Gasteiger partial charge in [-0.05, 0) is 45.6 Å². The van der Waals surface area contributed by atoms with Gasteiger partial charge in [0.25, 0.3) is 0 Å². The lowest BCUT2D eigenvalue weighted by molar-refractivity contribution is 0.0591. The second kappa shape index (κ2) is 8.93. The fraction of sp³-hybridized carbons (Fsp3) is 1.00. The van der Waals surface area contributed by atoms with E-state index in [0.717, 1.165) is 19.2 Å². The second-order valence-electron chi connectivity index (χ2n) is 6.37. The summed E-state index contributed by atoms with van der Waals surface area (Å²) in [5.41, 5.74) is 0. The monoisotopic (exact) mass is 268 g/mol. The summed E-state index contributed by atoms with van der Waals surface area (Å²) >= 11 is 0. The van der Waals surface area contributed by atoms with Crippen molar-refractivity contribution in [3.8, 4) is 0 Å². The maximum absolute atomic E-state index is 5.89. The van der Waals surface area contributed by atoms with Crippen LogP contribution < -0.4 is 10.6 Å². The minimum Gasteiger partial charge on any atom is -0.377 e. The molecule has 0 spiro atoms. The van der Waals surface area contributed by atoms with Gasteiger partial charge in [-0.2, -0.15) is 0 Å². The van der Waals surface area contributed by atoms with Crippen molar-refractivity contribution >= 4 is 0 Å². The SMILES string of the molecule is CC(CC1CCCCCN1)NCCOC1CCCC1. The third-order valence-corrected chi connectivity index (χ3v) is 4.55. The summed E-state index contributed by atoms with van der Waals surface area (Å²) < 4.78 is 5.89. The first-order valence-corrected chi connectivity index (χ1v) is 8.43. The smallest absolute Gasteiger partial charge is 0.0594 e. The van der Waals surface area contributed by atoms with Gasteiger partial charge in [0.2, 0.25) is 0 Å². The Bertz CT molecular complexity index is 221. The van der Waals surface area contributed by atoms with E-state index in [2.05, 4.69) is 17.6 Å². The summed E-state index contributed by atoms with van der Waals surface area (Å²) in [7, 11) is 0. The molecule has 2 rings (SSSR count). The van der Waals surface area contributed by atoms with Crippen LogP contribution in [0.1, 0.15) is 64.7 Å². The molecule has 2 unspecified atom stereocenters. The molecule has 0 amide bonds. The maximum atomic E-state index is 5.89. The van der Waals surface area contributed by atoms with Crippen molar-refractivity contribution in [1.82, 2.24) is 10.6 Å². The van der Waals surface area contributed by atoms with E-state index < -0.39 is 0 Å². The first-order valence-electron chi connectivity index (χ1n) is 8.43. The standard InChI is InChI=1S/C16H32N2O/c1-14(13-15-7-3-2-6-10-18-15)17-11-12-19-16-8-4-5-9-16/h14-18H,2-13H2,1H3. The average Bonchev–Trinajstić information content (AvgIpc) is 2.79. The molecule has 19 heavy (non-hydrogen) atoms. The highest BCUT2D eigenvalue weighted by atomic mass is 16.5. The van der Waals surface area contributed by atoms with Crippen LogP contribution in [0.5, 0.6) is 0 Å². The first-order chi connectivity index (χ1) is 9.34. The zero-order valence-corrected chi connectivity index (χ0v) is 12.6. The second-order valence-corrected chi connectivity index (χ2v) is 6.37. The third-order valence-electron chi connectivity index (χ3n) is 4.55. The zero-order chi connectivity index (χ0) is 13.3. The first kappa shape index (κ1) is 15.3. The molecule has 0 bridgehead atoms. The Labute approximate surface area is 118 Å². The molecule has 0 aromatic rings. The van der Waals surface area contributed by atoms with E-state index >= 15 is 0 Å². The maximum Gasteiger partial charge on any atom is 0.0594 e. The predicted octanol–water partition coefficient (Wildman–Crippen LogP) is 2.85. The highest BCUT2D eigenvalue weighted by Crippen LogP contribution is 2.20. The van der Waals surface area contributed by atoms with Crippen LogP contribution in [-0.2, 0) is 4.74 Å². The molecule has 3 nitrogen and oxygen atoms in total. The molecule has 3 heteroatoms. The van der Waals surface area contributed by atoms with Gasteiger partial charge in [0.1, 0.15) is 0 Å². The van der Waals surface area contributed by atoms with Crippen LogP contribution in [0.3, 0.4) is 0 Å². The summed E-state index contributed by atoms with van der Waals surface area (Å²) in [6, 6.07) is 1.32. The molecular formula is C16H32N2O.